The van der Waals surface area contributed by atoms with Crippen molar-refractivity contribution in [3.8, 4) is 0 Å². The molecular weight excluding hydrogens is 208 g/mol. The van der Waals surface area contributed by atoms with Gasteiger partial charge in [0.15, 0.2) is 0 Å². The van der Waals surface area contributed by atoms with Crippen LogP contribution < -0.4 is 5.32 Å². The lowest BCUT2D eigenvalue weighted by Crippen LogP contribution is -1.99. The van der Waals surface area contributed by atoms with E-state index in [-0.39, 0.29) is 0 Å². The summed E-state index contributed by atoms with van der Waals surface area (Å²) in [5.41, 5.74) is 3.53. The van der Waals surface area contributed by atoms with E-state index < -0.39 is 0 Å². The normalized spacial score (nSPS) is 10.3. The smallest absolute Gasteiger partial charge is 0.0415 e. The average molecular weight is 221 g/mol. The molecule has 0 spiro atoms. The van der Waals surface area contributed by atoms with Crippen molar-refractivity contribution in [2.75, 3.05) is 5.32 Å². The number of nitrogens with one attached hydrogen (secondary N) is 2. The van der Waals surface area contributed by atoms with Gasteiger partial charge in [-0.05, 0) is 42.3 Å². The van der Waals surface area contributed by atoms with Gasteiger partial charge in [0.1, 0.15) is 0 Å². The molecule has 2 rings (SSSR count). The van der Waals surface area contributed by atoms with Crippen LogP contribution in [-0.2, 0) is 6.54 Å². The molecule has 0 aliphatic heterocycles. The van der Waals surface area contributed by atoms with Crippen LogP contribution in [0.1, 0.15) is 11.1 Å². The monoisotopic (exact) mass is 220 g/mol. The van der Waals surface area contributed by atoms with Crippen molar-refractivity contribution in [2.24, 2.45) is 0 Å². The number of H-pyrrole nitrogens is 1. The summed E-state index contributed by atoms with van der Waals surface area (Å²) in [6.45, 7) is 2.87. The van der Waals surface area contributed by atoms with Gasteiger partial charge in [0.05, 0.1) is 0 Å². The molecule has 1 heterocycles. The fourth-order valence-electron chi connectivity index (χ4n) is 1.49. The summed E-state index contributed by atoms with van der Waals surface area (Å²) in [4.78, 5) is 3.03. The van der Waals surface area contributed by atoms with Gasteiger partial charge in [0, 0.05) is 29.6 Å². The maximum absolute atomic E-state index is 5.88. The zero-order valence-corrected chi connectivity index (χ0v) is 9.31. The minimum Gasteiger partial charge on any atom is -0.381 e. The molecule has 0 atom stereocenters. The number of aromatic amines is 1. The highest BCUT2D eigenvalue weighted by molar-refractivity contribution is 6.30. The van der Waals surface area contributed by atoms with E-state index in [1.807, 2.05) is 37.5 Å². The third kappa shape index (κ3) is 2.54. The first-order valence-corrected chi connectivity index (χ1v) is 5.25. The Hall–Kier alpha value is -1.41. The van der Waals surface area contributed by atoms with Crippen molar-refractivity contribution < 1.29 is 0 Å². The molecule has 0 bridgehead atoms. The largest absolute Gasteiger partial charge is 0.381 e. The van der Waals surface area contributed by atoms with E-state index in [0.29, 0.717) is 0 Å². The number of rotatable bonds is 3. The number of halogens is 1. The first kappa shape index (κ1) is 10.1. The second-order valence-electron chi connectivity index (χ2n) is 3.53. The highest BCUT2D eigenvalue weighted by atomic mass is 35.5. The molecule has 0 unspecified atom stereocenters. The molecule has 0 fully saturated rings. The molecular formula is C12H13ClN2. The van der Waals surface area contributed by atoms with Crippen LogP contribution >= 0.6 is 11.6 Å². The van der Waals surface area contributed by atoms with Gasteiger partial charge in [0.25, 0.3) is 0 Å². The number of hydrogen-bond acceptors (Lipinski definition) is 1. The number of hydrogen-bond donors (Lipinski definition) is 2. The van der Waals surface area contributed by atoms with Crippen LogP contribution in [0.25, 0.3) is 0 Å². The van der Waals surface area contributed by atoms with Gasteiger partial charge in [-0.2, -0.15) is 0 Å². The molecule has 1 aromatic heterocycles. The number of anilines is 1. The second-order valence-corrected chi connectivity index (χ2v) is 3.97. The van der Waals surface area contributed by atoms with E-state index in [9.17, 15) is 0 Å². The molecule has 2 N–H and O–H groups in total. The van der Waals surface area contributed by atoms with Gasteiger partial charge >= 0.3 is 0 Å². The number of aromatic nitrogens is 1. The van der Waals surface area contributed by atoms with Crippen molar-refractivity contribution in [1.29, 1.82) is 0 Å². The number of aryl methyl sites for hydroxylation is 1. The Morgan fingerprint density at radius 2 is 2.20 bits per heavy atom. The Morgan fingerprint density at radius 3 is 2.87 bits per heavy atom. The summed E-state index contributed by atoms with van der Waals surface area (Å²) >= 11 is 5.88. The zero-order valence-electron chi connectivity index (χ0n) is 8.55. The average Bonchev–Trinajstić information content (AvgIpc) is 2.69. The van der Waals surface area contributed by atoms with E-state index in [4.69, 9.17) is 11.6 Å². The van der Waals surface area contributed by atoms with Gasteiger partial charge in [0.2, 0.25) is 0 Å². The van der Waals surface area contributed by atoms with Crippen LogP contribution in [0.4, 0.5) is 5.69 Å². The van der Waals surface area contributed by atoms with Crippen LogP contribution in [0.2, 0.25) is 5.02 Å². The fraction of sp³-hybridized carbons (Fsp3) is 0.167. The van der Waals surface area contributed by atoms with Gasteiger partial charge in [-0.3, -0.25) is 0 Å². The summed E-state index contributed by atoms with van der Waals surface area (Å²) < 4.78 is 0. The van der Waals surface area contributed by atoms with Crippen molar-refractivity contribution >= 4 is 17.3 Å². The predicted molar refractivity (Wildman–Crippen MR) is 64.3 cm³/mol. The molecule has 15 heavy (non-hydrogen) atoms. The molecule has 2 nitrogen and oxygen atoms in total. The van der Waals surface area contributed by atoms with Crippen LogP contribution in [0.3, 0.4) is 0 Å². The molecule has 0 saturated carbocycles. The third-order valence-electron chi connectivity index (χ3n) is 2.33. The highest BCUT2D eigenvalue weighted by Gasteiger charge is 1.98. The first-order chi connectivity index (χ1) is 7.25. The molecule has 2 aromatic rings. The summed E-state index contributed by atoms with van der Waals surface area (Å²) in [6, 6.07) is 7.91. The molecule has 0 amide bonds. The summed E-state index contributed by atoms with van der Waals surface area (Å²) in [6.07, 6.45) is 3.91. The molecule has 1 aromatic carbocycles. The number of benzene rings is 1. The van der Waals surface area contributed by atoms with Crippen molar-refractivity contribution in [1.82, 2.24) is 4.98 Å². The highest BCUT2D eigenvalue weighted by Crippen LogP contribution is 2.20. The minimum atomic E-state index is 0.777. The standard InChI is InChI=1S/C12H13ClN2/c1-9-6-11(13)2-3-12(9)15-8-10-4-5-14-7-10/h2-7,14-15H,8H2,1H3. The Morgan fingerprint density at radius 1 is 1.33 bits per heavy atom. The van der Waals surface area contributed by atoms with E-state index in [1.54, 1.807) is 0 Å². The Kier molecular flexibility index (Phi) is 2.97. The molecule has 78 valence electrons. The minimum absolute atomic E-state index is 0.777. The third-order valence-corrected chi connectivity index (χ3v) is 2.57. The Bertz CT molecular complexity index is 435. The summed E-state index contributed by atoms with van der Waals surface area (Å²) in [7, 11) is 0. The van der Waals surface area contributed by atoms with E-state index >= 15 is 0 Å². The van der Waals surface area contributed by atoms with Crippen LogP contribution in [0.5, 0.6) is 0 Å². The molecule has 3 heteroatoms. The van der Waals surface area contributed by atoms with Gasteiger partial charge < -0.3 is 10.3 Å². The van der Waals surface area contributed by atoms with Gasteiger partial charge in [-0.25, -0.2) is 0 Å². The Labute approximate surface area is 94.3 Å². The van der Waals surface area contributed by atoms with Gasteiger partial charge in [-0.1, -0.05) is 11.6 Å². The topological polar surface area (TPSA) is 27.8 Å². The van der Waals surface area contributed by atoms with Crippen molar-refractivity contribution in [3.63, 3.8) is 0 Å². The van der Waals surface area contributed by atoms with Crippen molar-refractivity contribution in [3.05, 3.63) is 52.8 Å². The molecule has 0 radical (unpaired) electrons. The summed E-state index contributed by atoms with van der Waals surface area (Å²) in [5.74, 6) is 0. The van der Waals surface area contributed by atoms with E-state index in [2.05, 4.69) is 16.4 Å². The molecule has 0 aliphatic rings. The second kappa shape index (κ2) is 4.41. The lowest BCUT2D eigenvalue weighted by molar-refractivity contribution is 1.14. The van der Waals surface area contributed by atoms with E-state index in [0.717, 1.165) is 22.8 Å². The first-order valence-electron chi connectivity index (χ1n) is 4.87. The van der Waals surface area contributed by atoms with Gasteiger partial charge in [-0.15, -0.1) is 0 Å². The summed E-state index contributed by atoms with van der Waals surface area (Å²) in [5, 5.41) is 4.14. The fourth-order valence-corrected chi connectivity index (χ4v) is 1.72. The molecule has 0 saturated heterocycles. The Balaban J connectivity index is 2.05. The predicted octanol–water partition coefficient (Wildman–Crippen LogP) is 3.59. The van der Waals surface area contributed by atoms with Crippen molar-refractivity contribution in [2.45, 2.75) is 13.5 Å². The maximum atomic E-state index is 5.88. The lowest BCUT2D eigenvalue weighted by Gasteiger charge is -2.08. The SMILES string of the molecule is Cc1cc(Cl)ccc1NCc1cc[nH]c1. The zero-order chi connectivity index (χ0) is 10.7. The van der Waals surface area contributed by atoms with Crippen LogP contribution in [-0.4, -0.2) is 4.98 Å². The lowest BCUT2D eigenvalue weighted by atomic mass is 10.2. The quantitative estimate of drug-likeness (QED) is 0.813. The van der Waals surface area contributed by atoms with Crippen LogP contribution in [0, 0.1) is 6.92 Å². The maximum Gasteiger partial charge on any atom is 0.0415 e. The molecule has 0 aliphatic carbocycles. The van der Waals surface area contributed by atoms with Crippen LogP contribution in [0.15, 0.2) is 36.7 Å². The van der Waals surface area contributed by atoms with E-state index in [1.165, 1.54) is 5.56 Å².